The maximum Gasteiger partial charge on any atom is 0.300 e. The molecular formula is C25H20ClNO5. The van der Waals surface area contributed by atoms with Gasteiger partial charge in [0.2, 0.25) is 0 Å². The summed E-state index contributed by atoms with van der Waals surface area (Å²) in [5, 5.41) is 11.7. The number of amides is 1. The summed E-state index contributed by atoms with van der Waals surface area (Å²) in [6, 6.07) is 12.8. The molecule has 3 heterocycles. The summed E-state index contributed by atoms with van der Waals surface area (Å²) < 4.78 is 11.3. The third kappa shape index (κ3) is 3.10. The van der Waals surface area contributed by atoms with Crippen LogP contribution in [0.2, 0.25) is 5.02 Å². The van der Waals surface area contributed by atoms with Crippen LogP contribution in [0.3, 0.4) is 0 Å². The number of fused-ring (bicyclic) bond motifs is 1. The number of ketones is 1. The third-order valence-corrected chi connectivity index (χ3v) is 6.33. The number of carbonyl (C=O) groups is 2. The van der Waals surface area contributed by atoms with Crippen LogP contribution in [0.15, 0.2) is 64.8 Å². The van der Waals surface area contributed by atoms with E-state index >= 15 is 0 Å². The van der Waals surface area contributed by atoms with E-state index in [1.807, 2.05) is 6.92 Å². The molecule has 7 heteroatoms. The summed E-state index contributed by atoms with van der Waals surface area (Å²) in [7, 11) is 0. The summed E-state index contributed by atoms with van der Waals surface area (Å²) in [4.78, 5) is 27.7. The van der Waals surface area contributed by atoms with Gasteiger partial charge in [-0.2, -0.15) is 0 Å². The number of carbonyl (C=O) groups excluding carboxylic acids is 2. The van der Waals surface area contributed by atoms with Crippen LogP contribution in [0, 0.1) is 6.92 Å². The number of hydrogen-bond donors (Lipinski definition) is 1. The van der Waals surface area contributed by atoms with Gasteiger partial charge in [-0.25, -0.2) is 0 Å². The van der Waals surface area contributed by atoms with Gasteiger partial charge in [0.05, 0.1) is 11.8 Å². The smallest absolute Gasteiger partial charge is 0.300 e. The molecule has 0 saturated carbocycles. The molecule has 3 aromatic rings. The highest BCUT2D eigenvalue weighted by Crippen LogP contribution is 2.44. The van der Waals surface area contributed by atoms with Crippen LogP contribution in [0.5, 0.6) is 5.75 Å². The van der Waals surface area contributed by atoms with Gasteiger partial charge >= 0.3 is 0 Å². The largest absolute Gasteiger partial charge is 0.507 e. The average Bonchev–Trinajstić information content (AvgIpc) is 3.48. The number of ether oxygens (including phenoxy) is 1. The van der Waals surface area contributed by atoms with Crippen LogP contribution >= 0.6 is 11.6 Å². The number of halogens is 1. The van der Waals surface area contributed by atoms with E-state index in [0.717, 1.165) is 11.3 Å². The average molecular weight is 450 g/mol. The molecule has 162 valence electrons. The van der Waals surface area contributed by atoms with Crippen molar-refractivity contribution >= 4 is 34.7 Å². The third-order valence-electron chi connectivity index (χ3n) is 5.93. The highest BCUT2D eigenvalue weighted by atomic mass is 35.5. The molecule has 2 aliphatic rings. The number of benzene rings is 2. The van der Waals surface area contributed by atoms with E-state index in [1.54, 1.807) is 55.5 Å². The first kappa shape index (κ1) is 20.4. The number of anilines is 1. The van der Waals surface area contributed by atoms with Crippen LogP contribution in [-0.4, -0.2) is 22.9 Å². The Hall–Kier alpha value is -3.51. The summed E-state index contributed by atoms with van der Waals surface area (Å²) in [5.41, 5.74) is 2.48. The van der Waals surface area contributed by atoms with Gasteiger partial charge in [0.15, 0.2) is 0 Å². The molecule has 0 aliphatic carbocycles. The van der Waals surface area contributed by atoms with Crippen LogP contribution < -0.4 is 9.64 Å². The Morgan fingerprint density at radius 1 is 1.16 bits per heavy atom. The summed E-state index contributed by atoms with van der Waals surface area (Å²) in [6.07, 6.45) is 2.21. The van der Waals surface area contributed by atoms with Crippen LogP contribution in [0.1, 0.15) is 35.4 Å². The quantitative estimate of drug-likeness (QED) is 0.338. The SMILES string of the molecule is Cc1c(Cl)cccc1N1C(=O)C(=O)/C(=C(\O)c2ccc3c(c2)CC(C)O3)C1c1ccco1. The van der Waals surface area contributed by atoms with E-state index < -0.39 is 17.7 Å². The molecule has 0 spiro atoms. The Kier molecular flexibility index (Phi) is 4.82. The molecule has 32 heavy (non-hydrogen) atoms. The topological polar surface area (TPSA) is 80.0 Å². The van der Waals surface area contributed by atoms with Gasteiger partial charge in [0.1, 0.15) is 29.4 Å². The zero-order valence-electron chi connectivity index (χ0n) is 17.5. The Morgan fingerprint density at radius 2 is 1.97 bits per heavy atom. The highest BCUT2D eigenvalue weighted by molar-refractivity contribution is 6.52. The first-order valence-electron chi connectivity index (χ1n) is 10.3. The molecule has 2 unspecified atom stereocenters. The summed E-state index contributed by atoms with van der Waals surface area (Å²) in [6.45, 7) is 3.74. The van der Waals surface area contributed by atoms with E-state index in [-0.39, 0.29) is 17.4 Å². The number of furan rings is 1. The molecule has 2 aliphatic heterocycles. The Labute approximate surface area is 189 Å². The van der Waals surface area contributed by atoms with Crippen molar-refractivity contribution in [3.63, 3.8) is 0 Å². The van der Waals surface area contributed by atoms with Crippen molar-refractivity contribution in [2.45, 2.75) is 32.4 Å². The molecule has 2 aromatic carbocycles. The maximum absolute atomic E-state index is 13.2. The maximum atomic E-state index is 13.2. The molecule has 0 radical (unpaired) electrons. The normalized spacial score (nSPS) is 21.7. The molecule has 1 saturated heterocycles. The van der Waals surface area contributed by atoms with Crippen LogP contribution in [0.25, 0.3) is 5.76 Å². The molecule has 1 aromatic heterocycles. The zero-order chi connectivity index (χ0) is 22.6. The fourth-order valence-corrected chi connectivity index (χ4v) is 4.55. The lowest BCUT2D eigenvalue weighted by molar-refractivity contribution is -0.132. The first-order chi connectivity index (χ1) is 15.4. The fraction of sp³-hybridized carbons (Fsp3) is 0.200. The van der Waals surface area contributed by atoms with Crippen molar-refractivity contribution in [3.8, 4) is 5.75 Å². The second-order valence-corrected chi connectivity index (χ2v) is 8.43. The number of rotatable bonds is 3. The predicted octanol–water partition coefficient (Wildman–Crippen LogP) is 5.19. The van der Waals surface area contributed by atoms with Gasteiger partial charge < -0.3 is 14.3 Å². The Balaban J connectivity index is 1.69. The number of hydrogen-bond acceptors (Lipinski definition) is 5. The van der Waals surface area contributed by atoms with E-state index in [2.05, 4.69) is 0 Å². The van der Waals surface area contributed by atoms with Crippen molar-refractivity contribution in [3.05, 3.63) is 87.8 Å². The molecular weight excluding hydrogens is 430 g/mol. The molecule has 5 rings (SSSR count). The number of Topliss-reactive ketones (excluding diaryl/α,β-unsaturated/α-hetero) is 1. The fourth-order valence-electron chi connectivity index (χ4n) is 4.38. The lowest BCUT2D eigenvalue weighted by Gasteiger charge is -2.25. The molecule has 2 atom stereocenters. The minimum Gasteiger partial charge on any atom is -0.507 e. The highest BCUT2D eigenvalue weighted by Gasteiger charge is 2.48. The molecule has 1 amide bonds. The number of aliphatic hydroxyl groups is 1. The molecule has 1 N–H and O–H groups in total. The number of aliphatic hydroxyl groups excluding tert-OH is 1. The monoisotopic (exact) mass is 449 g/mol. The predicted molar refractivity (Wildman–Crippen MR) is 120 cm³/mol. The van der Waals surface area contributed by atoms with Crippen LogP contribution in [-0.2, 0) is 16.0 Å². The lowest BCUT2D eigenvalue weighted by Crippen LogP contribution is -2.30. The van der Waals surface area contributed by atoms with Gasteiger partial charge in [-0.15, -0.1) is 0 Å². The van der Waals surface area contributed by atoms with Crippen molar-refractivity contribution in [1.82, 2.24) is 0 Å². The van der Waals surface area contributed by atoms with Crippen molar-refractivity contribution < 1.29 is 23.8 Å². The molecule has 0 bridgehead atoms. The van der Waals surface area contributed by atoms with E-state index in [4.69, 9.17) is 20.8 Å². The number of nitrogens with zero attached hydrogens (tertiary/aromatic N) is 1. The minimum absolute atomic E-state index is 0.0313. The standard InChI is InChI=1S/C25H20ClNO5/c1-13-11-16-12-15(8-9-19(16)32-13)23(28)21-22(20-7-4-10-31-20)27(25(30)24(21)29)18-6-3-5-17(26)14(18)2/h3-10,12-13,22,28H,11H2,1-2H3/b23-21-. The van der Waals surface area contributed by atoms with Gasteiger partial charge in [-0.3, -0.25) is 14.5 Å². The van der Waals surface area contributed by atoms with Crippen molar-refractivity contribution in [1.29, 1.82) is 0 Å². The Morgan fingerprint density at radius 3 is 2.72 bits per heavy atom. The molecule has 6 nitrogen and oxygen atoms in total. The minimum atomic E-state index is -0.925. The van der Waals surface area contributed by atoms with Crippen LogP contribution in [0.4, 0.5) is 5.69 Å². The molecule has 1 fully saturated rings. The summed E-state index contributed by atoms with van der Waals surface area (Å²) in [5.74, 6) is -0.672. The van der Waals surface area contributed by atoms with Crippen molar-refractivity contribution in [2.24, 2.45) is 0 Å². The van der Waals surface area contributed by atoms with Gasteiger partial charge in [-0.1, -0.05) is 17.7 Å². The van der Waals surface area contributed by atoms with Gasteiger partial charge in [0, 0.05) is 22.7 Å². The zero-order valence-corrected chi connectivity index (χ0v) is 18.2. The van der Waals surface area contributed by atoms with E-state index in [1.165, 1.54) is 11.2 Å². The van der Waals surface area contributed by atoms with Crippen molar-refractivity contribution in [2.75, 3.05) is 4.90 Å². The van der Waals surface area contributed by atoms with Gasteiger partial charge in [0.25, 0.3) is 11.7 Å². The lowest BCUT2D eigenvalue weighted by atomic mass is 9.97. The van der Waals surface area contributed by atoms with Gasteiger partial charge in [-0.05, 0) is 67.4 Å². The Bertz CT molecular complexity index is 1280. The first-order valence-corrected chi connectivity index (χ1v) is 10.6. The second kappa shape index (κ2) is 7.57. The van der Waals surface area contributed by atoms with E-state index in [0.29, 0.717) is 34.0 Å². The summed E-state index contributed by atoms with van der Waals surface area (Å²) >= 11 is 6.29. The van der Waals surface area contributed by atoms with E-state index in [9.17, 15) is 14.7 Å². The second-order valence-electron chi connectivity index (χ2n) is 8.02.